The third-order valence-electron chi connectivity index (χ3n) is 2.55. The van der Waals surface area contributed by atoms with E-state index in [1.165, 1.54) is 0 Å². The van der Waals surface area contributed by atoms with E-state index < -0.39 is 0 Å². The van der Waals surface area contributed by atoms with E-state index in [9.17, 15) is 4.79 Å². The summed E-state index contributed by atoms with van der Waals surface area (Å²) in [6.07, 6.45) is 3.11. The molecule has 1 aliphatic heterocycles. The first-order valence-corrected chi connectivity index (χ1v) is 5.42. The quantitative estimate of drug-likeness (QED) is 0.668. The zero-order valence-electron chi connectivity index (χ0n) is 9.31. The van der Waals surface area contributed by atoms with Crippen molar-refractivity contribution in [2.75, 3.05) is 13.1 Å². The van der Waals surface area contributed by atoms with Crippen LogP contribution in [0.15, 0.2) is 18.3 Å². The van der Waals surface area contributed by atoms with E-state index in [-0.39, 0.29) is 5.91 Å². The number of rotatable bonds is 1. The van der Waals surface area contributed by atoms with Crippen LogP contribution in [0, 0.1) is 23.2 Å². The van der Waals surface area contributed by atoms with Crippen LogP contribution in [0.4, 0.5) is 0 Å². The fourth-order valence-electron chi connectivity index (χ4n) is 1.67. The number of hydrogen-bond acceptors (Lipinski definition) is 3. The van der Waals surface area contributed by atoms with E-state index in [4.69, 9.17) is 5.26 Å². The van der Waals surface area contributed by atoms with Crippen LogP contribution in [0.5, 0.6) is 0 Å². The third-order valence-corrected chi connectivity index (χ3v) is 2.55. The average Bonchev–Trinajstić information content (AvgIpc) is 2.76. The fraction of sp³-hybridized carbons (Fsp3) is 0.308. The smallest absolute Gasteiger partial charge is 0.223 e. The van der Waals surface area contributed by atoms with Gasteiger partial charge in [0.2, 0.25) is 5.91 Å². The van der Waals surface area contributed by atoms with Crippen LogP contribution < -0.4 is 0 Å². The first-order chi connectivity index (χ1) is 8.29. The Kier molecular flexibility index (Phi) is 3.37. The third kappa shape index (κ3) is 2.83. The number of carbonyl (C=O) groups is 1. The normalized spacial score (nSPS) is 14.1. The van der Waals surface area contributed by atoms with Crippen molar-refractivity contribution in [3.8, 4) is 17.9 Å². The highest BCUT2D eigenvalue weighted by molar-refractivity contribution is 5.78. The van der Waals surface area contributed by atoms with Crippen molar-refractivity contribution in [1.29, 1.82) is 5.26 Å². The molecule has 1 amide bonds. The molecule has 0 saturated carbocycles. The van der Waals surface area contributed by atoms with Gasteiger partial charge in [0.1, 0.15) is 5.69 Å². The van der Waals surface area contributed by atoms with Crippen LogP contribution >= 0.6 is 0 Å². The van der Waals surface area contributed by atoms with E-state index >= 15 is 0 Å². The number of aromatic nitrogens is 1. The number of nitriles is 1. The van der Waals surface area contributed by atoms with E-state index in [1.807, 2.05) is 6.07 Å². The van der Waals surface area contributed by atoms with E-state index in [0.29, 0.717) is 24.2 Å². The summed E-state index contributed by atoms with van der Waals surface area (Å²) < 4.78 is 0. The van der Waals surface area contributed by atoms with E-state index in [1.54, 1.807) is 23.2 Å². The lowest BCUT2D eigenvalue weighted by atomic mass is 10.2. The number of hydrogen-bond donors (Lipinski definition) is 0. The fourth-order valence-corrected chi connectivity index (χ4v) is 1.67. The van der Waals surface area contributed by atoms with E-state index in [2.05, 4.69) is 16.8 Å². The Hall–Kier alpha value is -2.33. The van der Waals surface area contributed by atoms with Gasteiger partial charge in [0.25, 0.3) is 0 Å². The Morgan fingerprint density at radius 1 is 1.53 bits per heavy atom. The molecule has 0 unspecified atom stereocenters. The second-order valence-electron chi connectivity index (χ2n) is 3.76. The lowest BCUT2D eigenvalue weighted by Gasteiger charge is -2.09. The van der Waals surface area contributed by atoms with Crippen molar-refractivity contribution in [3.63, 3.8) is 0 Å². The van der Waals surface area contributed by atoms with Crippen molar-refractivity contribution in [2.24, 2.45) is 0 Å². The Morgan fingerprint density at radius 3 is 3.12 bits per heavy atom. The van der Waals surface area contributed by atoms with Crippen LogP contribution in [-0.2, 0) is 4.79 Å². The lowest BCUT2D eigenvalue weighted by molar-refractivity contribution is -0.127. The number of nitrogens with zero attached hydrogens (tertiary/aromatic N) is 3. The molecule has 1 aromatic heterocycles. The summed E-state index contributed by atoms with van der Waals surface area (Å²) in [4.78, 5) is 17.1. The Labute approximate surface area is 99.9 Å². The van der Waals surface area contributed by atoms with Crippen LogP contribution in [-0.4, -0.2) is 28.9 Å². The predicted molar refractivity (Wildman–Crippen MR) is 61.6 cm³/mol. The number of pyridine rings is 1. The van der Waals surface area contributed by atoms with Gasteiger partial charge in [0.15, 0.2) is 0 Å². The molecular weight excluding hydrogens is 214 g/mol. The summed E-state index contributed by atoms with van der Waals surface area (Å²) >= 11 is 0. The van der Waals surface area contributed by atoms with Crippen molar-refractivity contribution >= 4 is 5.91 Å². The Morgan fingerprint density at radius 2 is 2.41 bits per heavy atom. The molecule has 0 spiro atoms. The van der Waals surface area contributed by atoms with Crippen molar-refractivity contribution in [1.82, 2.24) is 9.88 Å². The second kappa shape index (κ2) is 5.14. The first-order valence-electron chi connectivity index (χ1n) is 5.42. The maximum absolute atomic E-state index is 11.3. The highest BCUT2D eigenvalue weighted by atomic mass is 16.2. The van der Waals surface area contributed by atoms with Gasteiger partial charge in [-0.05, 0) is 24.5 Å². The van der Waals surface area contributed by atoms with Gasteiger partial charge in [-0.25, -0.2) is 4.98 Å². The van der Waals surface area contributed by atoms with Gasteiger partial charge < -0.3 is 4.90 Å². The summed E-state index contributed by atoms with van der Waals surface area (Å²) in [6.45, 7) is 1.23. The molecule has 4 heteroatoms. The van der Waals surface area contributed by atoms with Gasteiger partial charge in [-0.15, -0.1) is 0 Å². The Bertz CT molecular complexity index is 534. The molecule has 1 fully saturated rings. The minimum absolute atomic E-state index is 0.165. The van der Waals surface area contributed by atoms with Crippen molar-refractivity contribution in [2.45, 2.75) is 12.8 Å². The maximum Gasteiger partial charge on any atom is 0.223 e. The molecule has 1 aromatic rings. The molecule has 2 rings (SSSR count). The number of amides is 1. The zero-order valence-corrected chi connectivity index (χ0v) is 9.31. The summed E-state index contributed by atoms with van der Waals surface area (Å²) in [7, 11) is 0. The lowest BCUT2D eigenvalue weighted by Crippen LogP contribution is -2.24. The standard InChI is InChI=1S/C13H11N3O/c14-10-11-5-6-15-12(9-11)3-1-7-16-8-2-4-13(16)17/h5-6,9H,2,4,7-8H2. The highest BCUT2D eigenvalue weighted by Crippen LogP contribution is 2.08. The van der Waals surface area contributed by atoms with Gasteiger partial charge in [-0.1, -0.05) is 5.92 Å². The van der Waals surface area contributed by atoms with Crippen molar-refractivity contribution in [3.05, 3.63) is 29.6 Å². The van der Waals surface area contributed by atoms with Gasteiger partial charge in [0.05, 0.1) is 18.2 Å². The van der Waals surface area contributed by atoms with Gasteiger partial charge in [-0.3, -0.25) is 4.79 Å². The topological polar surface area (TPSA) is 57.0 Å². The molecule has 17 heavy (non-hydrogen) atoms. The van der Waals surface area contributed by atoms with Gasteiger partial charge in [0, 0.05) is 19.2 Å². The Balaban J connectivity index is 2.01. The van der Waals surface area contributed by atoms with Gasteiger partial charge >= 0.3 is 0 Å². The van der Waals surface area contributed by atoms with Crippen LogP contribution in [0.3, 0.4) is 0 Å². The summed E-state index contributed by atoms with van der Waals surface area (Å²) in [5.41, 5.74) is 1.11. The molecule has 1 aliphatic rings. The summed E-state index contributed by atoms with van der Waals surface area (Å²) in [5.74, 6) is 5.93. The molecule has 0 bridgehead atoms. The minimum Gasteiger partial charge on any atom is -0.332 e. The maximum atomic E-state index is 11.3. The monoisotopic (exact) mass is 225 g/mol. The average molecular weight is 225 g/mol. The molecule has 0 aliphatic carbocycles. The highest BCUT2D eigenvalue weighted by Gasteiger charge is 2.18. The largest absolute Gasteiger partial charge is 0.332 e. The molecular formula is C13H11N3O. The molecule has 0 radical (unpaired) electrons. The molecule has 0 atom stereocenters. The SMILES string of the molecule is N#Cc1ccnc(C#CCN2CCCC2=O)c1. The van der Waals surface area contributed by atoms with Crippen LogP contribution in [0.1, 0.15) is 24.1 Å². The first kappa shape index (κ1) is 11.2. The van der Waals surface area contributed by atoms with Gasteiger partial charge in [-0.2, -0.15) is 5.26 Å². The summed E-state index contributed by atoms with van der Waals surface area (Å²) in [5, 5.41) is 8.72. The molecule has 0 aromatic carbocycles. The number of carbonyl (C=O) groups excluding carboxylic acids is 1. The summed E-state index contributed by atoms with van der Waals surface area (Å²) in [6, 6.07) is 5.31. The van der Waals surface area contributed by atoms with Crippen LogP contribution in [0.2, 0.25) is 0 Å². The number of likely N-dealkylation sites (tertiary alicyclic amines) is 1. The van der Waals surface area contributed by atoms with Crippen LogP contribution in [0.25, 0.3) is 0 Å². The zero-order chi connectivity index (χ0) is 12.1. The molecule has 2 heterocycles. The molecule has 0 N–H and O–H groups in total. The second-order valence-corrected chi connectivity index (χ2v) is 3.76. The predicted octanol–water partition coefficient (Wildman–Crippen LogP) is 0.927. The minimum atomic E-state index is 0.165. The molecule has 84 valence electrons. The van der Waals surface area contributed by atoms with E-state index in [0.717, 1.165) is 13.0 Å². The van der Waals surface area contributed by atoms with Crippen molar-refractivity contribution < 1.29 is 4.79 Å². The molecule has 1 saturated heterocycles. The molecule has 4 nitrogen and oxygen atoms in total.